The second kappa shape index (κ2) is 6.42. The van der Waals surface area contributed by atoms with Crippen molar-refractivity contribution in [2.45, 2.75) is 6.04 Å². The van der Waals surface area contributed by atoms with E-state index in [1.807, 2.05) is 43.4 Å². The average molecular weight is 341 g/mol. The van der Waals surface area contributed by atoms with Crippen molar-refractivity contribution in [1.82, 2.24) is 5.32 Å². The maximum atomic E-state index is 6.37. The Morgan fingerprint density at radius 2 is 1.95 bits per heavy atom. The summed E-state index contributed by atoms with van der Waals surface area (Å²) in [5.74, 6) is 0.837. The lowest BCUT2D eigenvalue weighted by Gasteiger charge is -2.19. The van der Waals surface area contributed by atoms with Crippen molar-refractivity contribution in [3.05, 3.63) is 63.1 Å². The van der Waals surface area contributed by atoms with Crippen molar-refractivity contribution in [3.63, 3.8) is 0 Å². The van der Waals surface area contributed by atoms with Crippen LogP contribution < -0.4 is 10.1 Å². The van der Waals surface area contributed by atoms with Crippen LogP contribution in [-0.4, -0.2) is 14.2 Å². The van der Waals surface area contributed by atoms with Gasteiger partial charge in [0.15, 0.2) is 0 Å². The van der Waals surface area contributed by atoms with Crippen LogP contribution in [0.15, 0.2) is 46.9 Å². The van der Waals surface area contributed by atoms with Crippen LogP contribution in [0, 0.1) is 0 Å². The molecule has 0 aliphatic heterocycles. The van der Waals surface area contributed by atoms with Crippen LogP contribution in [0.2, 0.25) is 5.02 Å². The third kappa shape index (κ3) is 3.11. The number of methoxy groups -OCH3 is 1. The van der Waals surface area contributed by atoms with Crippen LogP contribution in [0.25, 0.3) is 0 Å². The van der Waals surface area contributed by atoms with Gasteiger partial charge in [-0.1, -0.05) is 35.9 Å². The normalized spacial score (nSPS) is 12.2. The molecule has 0 saturated carbocycles. The number of nitrogens with one attached hydrogen (secondary N) is 1. The molecule has 2 rings (SSSR count). The van der Waals surface area contributed by atoms with E-state index in [0.717, 1.165) is 26.4 Å². The molecule has 2 nitrogen and oxygen atoms in total. The van der Waals surface area contributed by atoms with Gasteiger partial charge in [-0.25, -0.2) is 0 Å². The van der Waals surface area contributed by atoms with E-state index in [-0.39, 0.29) is 6.04 Å². The van der Waals surface area contributed by atoms with Gasteiger partial charge in [0.2, 0.25) is 0 Å². The molecule has 0 aromatic heterocycles. The summed E-state index contributed by atoms with van der Waals surface area (Å²) in [4.78, 5) is 0. The lowest BCUT2D eigenvalue weighted by molar-refractivity contribution is 0.414. The molecule has 1 unspecified atom stereocenters. The van der Waals surface area contributed by atoms with Crippen molar-refractivity contribution in [1.29, 1.82) is 0 Å². The van der Waals surface area contributed by atoms with Gasteiger partial charge < -0.3 is 10.1 Å². The molecule has 0 saturated heterocycles. The van der Waals surface area contributed by atoms with Crippen LogP contribution in [0.4, 0.5) is 0 Å². The fourth-order valence-corrected chi connectivity index (χ4v) is 2.68. The molecule has 19 heavy (non-hydrogen) atoms. The molecule has 0 amide bonds. The van der Waals surface area contributed by atoms with Crippen molar-refractivity contribution < 1.29 is 4.74 Å². The maximum Gasteiger partial charge on any atom is 0.119 e. The molecule has 0 fully saturated rings. The zero-order valence-corrected chi connectivity index (χ0v) is 13.1. The van der Waals surface area contributed by atoms with Crippen LogP contribution in [0.1, 0.15) is 17.2 Å². The molecule has 0 heterocycles. The maximum absolute atomic E-state index is 6.37. The molecule has 0 spiro atoms. The minimum Gasteiger partial charge on any atom is -0.497 e. The minimum atomic E-state index is 0.0279. The first-order valence-corrected chi connectivity index (χ1v) is 7.09. The second-order valence-electron chi connectivity index (χ2n) is 4.14. The minimum absolute atomic E-state index is 0.0279. The van der Waals surface area contributed by atoms with Crippen molar-refractivity contribution >= 4 is 27.5 Å². The topological polar surface area (TPSA) is 21.3 Å². The number of benzene rings is 2. The summed E-state index contributed by atoms with van der Waals surface area (Å²) >= 11 is 9.83. The molecular weight excluding hydrogens is 326 g/mol. The van der Waals surface area contributed by atoms with Gasteiger partial charge in [0.25, 0.3) is 0 Å². The van der Waals surface area contributed by atoms with Gasteiger partial charge in [-0.05, 0) is 52.3 Å². The van der Waals surface area contributed by atoms with E-state index in [2.05, 4.69) is 27.3 Å². The van der Waals surface area contributed by atoms with Gasteiger partial charge in [-0.3, -0.25) is 0 Å². The Bertz CT molecular complexity index is 574. The van der Waals surface area contributed by atoms with E-state index in [9.17, 15) is 0 Å². The monoisotopic (exact) mass is 339 g/mol. The van der Waals surface area contributed by atoms with Crippen molar-refractivity contribution in [2.75, 3.05) is 14.2 Å². The number of rotatable bonds is 4. The summed E-state index contributed by atoms with van der Waals surface area (Å²) in [5.41, 5.74) is 2.15. The highest BCUT2D eigenvalue weighted by Crippen LogP contribution is 2.34. The van der Waals surface area contributed by atoms with Gasteiger partial charge >= 0.3 is 0 Å². The summed E-state index contributed by atoms with van der Waals surface area (Å²) in [6.07, 6.45) is 0. The Morgan fingerprint density at radius 1 is 1.21 bits per heavy atom. The average Bonchev–Trinajstić information content (AvgIpc) is 2.44. The predicted molar refractivity (Wildman–Crippen MR) is 83.0 cm³/mol. The van der Waals surface area contributed by atoms with Gasteiger partial charge in [0, 0.05) is 4.47 Å². The van der Waals surface area contributed by atoms with Crippen LogP contribution in [-0.2, 0) is 0 Å². The zero-order chi connectivity index (χ0) is 13.8. The molecule has 1 N–H and O–H groups in total. The van der Waals surface area contributed by atoms with Gasteiger partial charge in [-0.15, -0.1) is 0 Å². The summed E-state index contributed by atoms with van der Waals surface area (Å²) in [6.45, 7) is 0. The van der Waals surface area contributed by atoms with E-state index in [0.29, 0.717) is 0 Å². The first kappa shape index (κ1) is 14.4. The van der Waals surface area contributed by atoms with E-state index in [1.165, 1.54) is 0 Å². The zero-order valence-electron chi connectivity index (χ0n) is 10.8. The smallest absolute Gasteiger partial charge is 0.119 e. The molecule has 100 valence electrons. The van der Waals surface area contributed by atoms with E-state index in [4.69, 9.17) is 16.3 Å². The van der Waals surface area contributed by atoms with Gasteiger partial charge in [0.1, 0.15) is 5.75 Å². The quantitative estimate of drug-likeness (QED) is 0.889. The lowest BCUT2D eigenvalue weighted by Crippen LogP contribution is -2.18. The van der Waals surface area contributed by atoms with E-state index >= 15 is 0 Å². The Hall–Kier alpha value is -1.03. The number of ether oxygens (including phenoxy) is 1. The standard InChI is InChI=1S/C15H15BrClNO/c1-18-15(10-5-3-6-11(9-10)19-2)12-7-4-8-13(16)14(12)17/h3-9,15,18H,1-2H3. The van der Waals surface area contributed by atoms with E-state index in [1.54, 1.807) is 7.11 Å². The Labute approximate surface area is 126 Å². The summed E-state index contributed by atoms with van der Waals surface area (Å²) in [6, 6.07) is 13.9. The third-order valence-corrected chi connectivity index (χ3v) is 4.32. The molecular formula is C15H15BrClNO. The van der Waals surface area contributed by atoms with Gasteiger partial charge in [-0.2, -0.15) is 0 Å². The fraction of sp³-hybridized carbons (Fsp3) is 0.200. The molecule has 2 aromatic carbocycles. The summed E-state index contributed by atoms with van der Waals surface area (Å²) in [5, 5.41) is 4.02. The molecule has 4 heteroatoms. The Morgan fingerprint density at radius 3 is 2.63 bits per heavy atom. The number of hydrogen-bond donors (Lipinski definition) is 1. The predicted octanol–water partition coefficient (Wildman–Crippen LogP) is 4.42. The number of halogens is 2. The van der Waals surface area contributed by atoms with Crippen LogP contribution >= 0.6 is 27.5 Å². The highest BCUT2D eigenvalue weighted by molar-refractivity contribution is 9.10. The van der Waals surface area contributed by atoms with E-state index < -0.39 is 0 Å². The Balaban J connectivity index is 2.46. The first-order valence-electron chi connectivity index (χ1n) is 5.92. The molecule has 0 aliphatic carbocycles. The van der Waals surface area contributed by atoms with Crippen LogP contribution in [0.5, 0.6) is 5.75 Å². The Kier molecular flexibility index (Phi) is 4.86. The van der Waals surface area contributed by atoms with Crippen molar-refractivity contribution in [3.8, 4) is 5.75 Å². The molecule has 1 atom stereocenters. The SMILES string of the molecule is CNC(c1cccc(OC)c1)c1cccc(Br)c1Cl. The lowest BCUT2D eigenvalue weighted by atomic mass is 9.98. The fourth-order valence-electron chi connectivity index (χ4n) is 2.07. The second-order valence-corrected chi connectivity index (χ2v) is 5.37. The molecule has 0 radical (unpaired) electrons. The van der Waals surface area contributed by atoms with Crippen molar-refractivity contribution in [2.24, 2.45) is 0 Å². The van der Waals surface area contributed by atoms with Gasteiger partial charge in [0.05, 0.1) is 18.2 Å². The summed E-state index contributed by atoms with van der Waals surface area (Å²) in [7, 11) is 3.58. The molecule has 2 aromatic rings. The number of hydrogen-bond acceptors (Lipinski definition) is 2. The first-order chi connectivity index (χ1) is 9.17. The molecule has 0 aliphatic rings. The largest absolute Gasteiger partial charge is 0.497 e. The highest BCUT2D eigenvalue weighted by atomic mass is 79.9. The molecule has 0 bridgehead atoms. The highest BCUT2D eigenvalue weighted by Gasteiger charge is 2.16. The summed E-state index contributed by atoms with van der Waals surface area (Å²) < 4.78 is 6.17. The third-order valence-electron chi connectivity index (χ3n) is 3.01. The van der Waals surface area contributed by atoms with Crippen LogP contribution in [0.3, 0.4) is 0 Å².